The number of nitrogens with one attached hydrogen (secondary N) is 2. The number of nitrogens with zero attached hydrogens (tertiary/aromatic N) is 2. The molecule has 1 saturated carbocycles. The molecule has 2 amide bonds. The van der Waals surface area contributed by atoms with E-state index < -0.39 is 5.60 Å². The minimum absolute atomic E-state index is 0.00325. The molecule has 2 fully saturated rings. The predicted octanol–water partition coefficient (Wildman–Crippen LogP) is 4.07. The van der Waals surface area contributed by atoms with Crippen LogP contribution in [0, 0.1) is 11.8 Å². The van der Waals surface area contributed by atoms with Gasteiger partial charge >= 0.3 is 6.03 Å². The lowest BCUT2D eigenvalue weighted by atomic mass is 9.76. The van der Waals surface area contributed by atoms with Crippen LogP contribution in [-0.4, -0.2) is 67.5 Å². The molecule has 1 aliphatic heterocycles. The number of pyridine rings is 1. The predicted molar refractivity (Wildman–Crippen MR) is 136 cm³/mol. The summed E-state index contributed by atoms with van der Waals surface area (Å²) >= 11 is 0. The highest BCUT2D eigenvalue weighted by Gasteiger charge is 2.42. The van der Waals surface area contributed by atoms with E-state index in [1.54, 1.807) is 13.3 Å². The summed E-state index contributed by atoms with van der Waals surface area (Å²) in [5.74, 6) is 0.674. The van der Waals surface area contributed by atoms with Crippen LogP contribution in [0.4, 0.5) is 4.79 Å². The van der Waals surface area contributed by atoms with Gasteiger partial charge in [-0.2, -0.15) is 0 Å². The Hall–Kier alpha value is -1.70. The zero-order chi connectivity index (χ0) is 24.2. The van der Waals surface area contributed by atoms with Gasteiger partial charge in [-0.15, -0.1) is 0 Å². The van der Waals surface area contributed by atoms with Crippen LogP contribution in [0.2, 0.25) is 0 Å². The number of hydrogen-bond acceptors (Lipinski definition) is 5. The number of likely N-dealkylation sites (tertiary alicyclic amines) is 1. The SMILES string of the molecule is CNC[C@H](CC1CCCCC1)NC(=O)N1CCC[C@@H]([C@@](O)(CCCCOC)c2ccccn2)C1. The van der Waals surface area contributed by atoms with Crippen LogP contribution in [0.5, 0.6) is 0 Å². The molecule has 1 aliphatic carbocycles. The summed E-state index contributed by atoms with van der Waals surface area (Å²) in [6, 6.07) is 5.88. The van der Waals surface area contributed by atoms with Crippen molar-refractivity contribution in [3.63, 3.8) is 0 Å². The van der Waals surface area contributed by atoms with Crippen molar-refractivity contribution in [1.29, 1.82) is 0 Å². The number of amides is 2. The number of carbonyl (C=O) groups excluding carboxylic acids is 1. The minimum Gasteiger partial charge on any atom is -0.385 e. The van der Waals surface area contributed by atoms with Crippen molar-refractivity contribution in [3.05, 3.63) is 30.1 Å². The van der Waals surface area contributed by atoms with Crippen LogP contribution in [0.3, 0.4) is 0 Å². The Balaban J connectivity index is 1.64. The van der Waals surface area contributed by atoms with E-state index in [0.29, 0.717) is 31.2 Å². The molecule has 0 unspecified atom stereocenters. The fourth-order valence-corrected chi connectivity index (χ4v) is 5.88. The fraction of sp³-hybridized carbons (Fsp3) is 0.778. The first-order valence-corrected chi connectivity index (χ1v) is 13.4. The van der Waals surface area contributed by atoms with Gasteiger partial charge in [0, 0.05) is 51.5 Å². The number of ether oxygens (including phenoxy) is 1. The van der Waals surface area contributed by atoms with Crippen LogP contribution in [0.25, 0.3) is 0 Å². The minimum atomic E-state index is -1.04. The highest BCUT2D eigenvalue weighted by Crippen LogP contribution is 2.39. The van der Waals surface area contributed by atoms with Crippen molar-refractivity contribution in [3.8, 4) is 0 Å². The van der Waals surface area contributed by atoms with Crippen LogP contribution in [0.15, 0.2) is 24.4 Å². The van der Waals surface area contributed by atoms with E-state index in [1.807, 2.05) is 30.1 Å². The summed E-state index contributed by atoms with van der Waals surface area (Å²) in [5, 5.41) is 18.5. The summed E-state index contributed by atoms with van der Waals surface area (Å²) in [6.07, 6.45) is 13.5. The zero-order valence-electron chi connectivity index (χ0n) is 21.3. The second kappa shape index (κ2) is 14.0. The number of rotatable bonds is 12. The Bertz CT molecular complexity index is 713. The number of carbonyl (C=O) groups is 1. The van der Waals surface area contributed by atoms with E-state index in [1.165, 1.54) is 32.1 Å². The number of aromatic nitrogens is 1. The van der Waals surface area contributed by atoms with Crippen molar-refractivity contribution in [1.82, 2.24) is 20.5 Å². The van der Waals surface area contributed by atoms with Crippen molar-refractivity contribution in [2.45, 2.75) is 82.3 Å². The summed E-state index contributed by atoms with van der Waals surface area (Å²) in [7, 11) is 3.66. The molecule has 7 heteroatoms. The average molecular weight is 475 g/mol. The molecule has 1 aromatic heterocycles. The van der Waals surface area contributed by atoms with Crippen molar-refractivity contribution in [2.24, 2.45) is 11.8 Å². The number of methoxy groups -OCH3 is 1. The van der Waals surface area contributed by atoms with Gasteiger partial charge in [0.25, 0.3) is 0 Å². The average Bonchev–Trinajstić information content (AvgIpc) is 2.88. The highest BCUT2D eigenvalue weighted by molar-refractivity contribution is 5.74. The quantitative estimate of drug-likeness (QED) is 0.398. The van der Waals surface area contributed by atoms with Gasteiger partial charge in [-0.05, 0) is 63.6 Å². The number of aliphatic hydroxyl groups is 1. The van der Waals surface area contributed by atoms with Gasteiger partial charge in [-0.3, -0.25) is 4.98 Å². The lowest BCUT2D eigenvalue weighted by Gasteiger charge is -2.42. The molecular formula is C27H46N4O3. The van der Waals surface area contributed by atoms with Gasteiger partial charge in [-0.25, -0.2) is 4.79 Å². The summed E-state index contributed by atoms with van der Waals surface area (Å²) < 4.78 is 5.20. The standard InChI is InChI=1S/C27H46N4O3/c1-28-20-24(19-22-11-4-3-5-12-22)30-26(32)31-17-10-13-23(21-31)27(33,15-7-9-18-34-2)25-14-6-8-16-29-25/h6,8,14,16,22-24,28,33H,3-5,7,9-13,15,17-21H2,1-2H3,(H,30,32)/t23-,24+,27+/m1/s1. The molecule has 0 radical (unpaired) electrons. The zero-order valence-corrected chi connectivity index (χ0v) is 21.3. The third kappa shape index (κ3) is 7.65. The first-order valence-electron chi connectivity index (χ1n) is 13.4. The Labute approximate surface area is 206 Å². The maximum atomic E-state index is 13.3. The molecule has 7 nitrogen and oxygen atoms in total. The Morgan fingerprint density at radius 3 is 2.76 bits per heavy atom. The topological polar surface area (TPSA) is 86.7 Å². The Kier molecular flexibility index (Phi) is 11.1. The normalized spacial score (nSPS) is 22.2. The van der Waals surface area contributed by atoms with E-state index >= 15 is 0 Å². The molecule has 0 aromatic carbocycles. The van der Waals surface area contributed by atoms with Gasteiger partial charge < -0.3 is 25.4 Å². The number of likely N-dealkylation sites (N-methyl/N-ethyl adjacent to an activating group) is 1. The van der Waals surface area contributed by atoms with Gasteiger partial charge in [0.15, 0.2) is 0 Å². The molecule has 3 atom stereocenters. The van der Waals surface area contributed by atoms with Crippen LogP contribution in [-0.2, 0) is 10.3 Å². The summed E-state index contributed by atoms with van der Waals surface area (Å²) in [5.41, 5.74) is -0.328. The molecule has 3 N–H and O–H groups in total. The van der Waals surface area contributed by atoms with Gasteiger partial charge in [0.2, 0.25) is 0 Å². The van der Waals surface area contributed by atoms with E-state index in [2.05, 4.69) is 15.6 Å². The monoisotopic (exact) mass is 474 g/mol. The smallest absolute Gasteiger partial charge is 0.317 e. The second-order valence-corrected chi connectivity index (χ2v) is 10.3. The van der Waals surface area contributed by atoms with Crippen LogP contribution in [0.1, 0.15) is 76.3 Å². The van der Waals surface area contributed by atoms with Crippen LogP contribution < -0.4 is 10.6 Å². The summed E-state index contributed by atoms with van der Waals surface area (Å²) in [6.45, 7) is 2.76. The number of hydrogen-bond donors (Lipinski definition) is 3. The largest absolute Gasteiger partial charge is 0.385 e. The molecular weight excluding hydrogens is 428 g/mol. The molecule has 2 heterocycles. The molecule has 3 rings (SSSR count). The molecule has 192 valence electrons. The lowest BCUT2D eigenvalue weighted by molar-refractivity contribution is -0.0596. The van der Waals surface area contributed by atoms with E-state index in [-0.39, 0.29) is 18.0 Å². The van der Waals surface area contributed by atoms with E-state index in [0.717, 1.165) is 45.2 Å². The summed E-state index contributed by atoms with van der Waals surface area (Å²) in [4.78, 5) is 19.7. The molecule has 34 heavy (non-hydrogen) atoms. The maximum Gasteiger partial charge on any atom is 0.317 e. The molecule has 1 aromatic rings. The van der Waals surface area contributed by atoms with E-state index in [9.17, 15) is 9.90 Å². The molecule has 0 spiro atoms. The van der Waals surface area contributed by atoms with Gasteiger partial charge in [-0.1, -0.05) is 38.2 Å². The third-order valence-electron chi connectivity index (χ3n) is 7.77. The van der Waals surface area contributed by atoms with Crippen molar-refractivity contribution < 1.29 is 14.6 Å². The van der Waals surface area contributed by atoms with Crippen molar-refractivity contribution in [2.75, 3.05) is 40.4 Å². The Morgan fingerprint density at radius 1 is 1.24 bits per heavy atom. The lowest BCUT2D eigenvalue weighted by Crippen LogP contribution is -2.54. The number of unbranched alkanes of at least 4 members (excludes halogenated alkanes) is 1. The number of urea groups is 1. The molecule has 2 aliphatic rings. The highest BCUT2D eigenvalue weighted by atomic mass is 16.5. The van der Waals surface area contributed by atoms with Crippen LogP contribution >= 0.6 is 0 Å². The first kappa shape index (κ1) is 26.9. The fourth-order valence-electron chi connectivity index (χ4n) is 5.88. The molecule has 1 saturated heterocycles. The number of piperidine rings is 1. The third-order valence-corrected chi connectivity index (χ3v) is 7.77. The van der Waals surface area contributed by atoms with Crippen molar-refractivity contribution >= 4 is 6.03 Å². The van der Waals surface area contributed by atoms with E-state index in [4.69, 9.17) is 4.74 Å². The second-order valence-electron chi connectivity index (χ2n) is 10.3. The van der Waals surface area contributed by atoms with Gasteiger partial charge in [0.05, 0.1) is 5.69 Å². The maximum absolute atomic E-state index is 13.3. The van der Waals surface area contributed by atoms with Gasteiger partial charge in [0.1, 0.15) is 5.60 Å². The Morgan fingerprint density at radius 2 is 2.06 bits per heavy atom. The first-order chi connectivity index (χ1) is 16.6. The molecule has 0 bridgehead atoms.